The fraction of sp³-hybridized carbons (Fsp3) is 0.300. The Hall–Kier alpha value is -3.66. The molecule has 40 heavy (non-hydrogen) atoms. The number of ether oxygens (including phenoxy) is 1. The molecule has 2 heterocycles. The Bertz CT molecular complexity index is 1380. The van der Waals surface area contributed by atoms with Gasteiger partial charge in [-0.2, -0.15) is 5.10 Å². The molecule has 1 saturated heterocycles. The lowest BCUT2D eigenvalue weighted by atomic mass is 9.98. The molecule has 0 bridgehead atoms. The third kappa shape index (κ3) is 6.55. The van der Waals surface area contributed by atoms with Crippen LogP contribution in [0.25, 0.3) is 0 Å². The van der Waals surface area contributed by atoms with Crippen molar-refractivity contribution in [3.05, 3.63) is 106 Å². The summed E-state index contributed by atoms with van der Waals surface area (Å²) in [6, 6.07) is 18.4. The highest BCUT2D eigenvalue weighted by atomic mass is 35.5. The van der Waals surface area contributed by atoms with Crippen LogP contribution >= 0.6 is 11.6 Å². The first-order chi connectivity index (χ1) is 19.4. The van der Waals surface area contributed by atoms with Gasteiger partial charge in [0.25, 0.3) is 11.8 Å². The van der Waals surface area contributed by atoms with Crippen molar-refractivity contribution >= 4 is 29.1 Å². The fourth-order valence-corrected chi connectivity index (χ4v) is 5.01. The Morgan fingerprint density at radius 1 is 0.975 bits per heavy atom. The molecule has 0 radical (unpaired) electrons. The summed E-state index contributed by atoms with van der Waals surface area (Å²) in [7, 11) is 0. The lowest BCUT2D eigenvalue weighted by Crippen LogP contribution is -2.46. The van der Waals surface area contributed by atoms with Gasteiger partial charge >= 0.3 is 0 Å². The second-order valence-corrected chi connectivity index (χ2v) is 10.2. The van der Waals surface area contributed by atoms with E-state index in [0.29, 0.717) is 55.6 Å². The van der Waals surface area contributed by atoms with E-state index in [-0.39, 0.29) is 24.5 Å². The average molecular weight is 567 g/mol. The molecule has 2 aliphatic heterocycles. The molecule has 2 aliphatic rings. The summed E-state index contributed by atoms with van der Waals surface area (Å²) in [6.07, 6.45) is 0.397. The van der Waals surface area contributed by atoms with Crippen LogP contribution in [0.1, 0.15) is 33.9 Å². The third-order valence-electron chi connectivity index (χ3n) is 7.11. The van der Waals surface area contributed by atoms with Crippen LogP contribution in [0.4, 0.5) is 8.78 Å². The van der Waals surface area contributed by atoms with E-state index in [9.17, 15) is 18.4 Å². The first-order valence-corrected chi connectivity index (χ1v) is 13.5. The quantitative estimate of drug-likeness (QED) is 0.394. The van der Waals surface area contributed by atoms with E-state index in [1.165, 1.54) is 40.2 Å². The van der Waals surface area contributed by atoms with Gasteiger partial charge in [-0.05, 0) is 47.5 Å². The number of morpholine rings is 1. The maximum absolute atomic E-state index is 14.6. The molecule has 1 fully saturated rings. The van der Waals surface area contributed by atoms with Crippen molar-refractivity contribution in [2.75, 3.05) is 45.9 Å². The Morgan fingerprint density at radius 2 is 1.68 bits per heavy atom. The molecule has 7 nitrogen and oxygen atoms in total. The molecule has 0 aliphatic carbocycles. The fourth-order valence-electron chi connectivity index (χ4n) is 4.88. The van der Waals surface area contributed by atoms with Crippen LogP contribution in [0.5, 0.6) is 0 Å². The standard InChI is InChI=1S/C30H29ClF2N4O3/c31-23-9-5-22(6-10-23)28-19-27(21-7-11-24(32)12-8-21)34-37(28)29(38)20-36(14-13-35-15-17-40-18-16-35)30(39)25-3-1-2-4-26(25)33/h1-12,28H,13-20H2. The van der Waals surface area contributed by atoms with Crippen LogP contribution in [0, 0.1) is 11.6 Å². The van der Waals surface area contributed by atoms with E-state index >= 15 is 0 Å². The second-order valence-electron chi connectivity index (χ2n) is 9.72. The number of nitrogens with zero attached hydrogens (tertiary/aromatic N) is 4. The summed E-state index contributed by atoms with van der Waals surface area (Å²) in [4.78, 5) is 30.8. The Balaban J connectivity index is 1.42. The molecule has 0 aromatic heterocycles. The highest BCUT2D eigenvalue weighted by Crippen LogP contribution is 2.33. The summed E-state index contributed by atoms with van der Waals surface area (Å²) >= 11 is 6.10. The monoisotopic (exact) mass is 566 g/mol. The molecule has 3 aromatic carbocycles. The number of hydrogen-bond donors (Lipinski definition) is 0. The molecule has 0 spiro atoms. The van der Waals surface area contributed by atoms with E-state index in [2.05, 4.69) is 10.0 Å². The largest absolute Gasteiger partial charge is 0.379 e. The van der Waals surface area contributed by atoms with Gasteiger partial charge in [0.2, 0.25) is 0 Å². The predicted molar refractivity (Wildman–Crippen MR) is 148 cm³/mol. The molecule has 10 heteroatoms. The Morgan fingerprint density at radius 3 is 2.38 bits per heavy atom. The maximum Gasteiger partial charge on any atom is 0.262 e. The SMILES string of the molecule is O=C(c1ccccc1F)N(CCN1CCOCC1)CC(=O)N1N=C(c2ccc(F)cc2)CC1c1ccc(Cl)cc1. The molecule has 3 aromatic rings. The van der Waals surface area contributed by atoms with Crippen LogP contribution in [0.15, 0.2) is 77.9 Å². The number of amides is 2. The molecule has 0 saturated carbocycles. The Labute approximate surface area is 236 Å². The number of benzene rings is 3. The minimum atomic E-state index is -0.645. The molecule has 0 N–H and O–H groups in total. The van der Waals surface area contributed by atoms with Crippen LogP contribution in [0.2, 0.25) is 5.02 Å². The first-order valence-electron chi connectivity index (χ1n) is 13.1. The molecule has 208 valence electrons. The van der Waals surface area contributed by atoms with E-state index in [1.54, 1.807) is 30.3 Å². The number of carbonyl (C=O) groups is 2. The van der Waals surface area contributed by atoms with Crippen molar-refractivity contribution in [3.8, 4) is 0 Å². The molecule has 2 amide bonds. The van der Waals surface area contributed by atoms with Crippen LogP contribution in [-0.4, -0.2) is 78.3 Å². The highest BCUT2D eigenvalue weighted by Gasteiger charge is 2.35. The van der Waals surface area contributed by atoms with Crippen LogP contribution in [0.3, 0.4) is 0 Å². The van der Waals surface area contributed by atoms with Gasteiger partial charge in [0, 0.05) is 37.6 Å². The van der Waals surface area contributed by atoms with Gasteiger partial charge in [-0.25, -0.2) is 13.8 Å². The van der Waals surface area contributed by atoms with Gasteiger partial charge in [0.05, 0.1) is 30.5 Å². The average Bonchev–Trinajstić information content (AvgIpc) is 3.42. The van der Waals surface area contributed by atoms with Crippen molar-refractivity contribution in [3.63, 3.8) is 0 Å². The number of halogens is 3. The predicted octanol–water partition coefficient (Wildman–Crippen LogP) is 4.77. The number of hydrogen-bond acceptors (Lipinski definition) is 5. The lowest BCUT2D eigenvalue weighted by Gasteiger charge is -2.31. The summed E-state index contributed by atoms with van der Waals surface area (Å²) in [5, 5.41) is 6.56. The number of carbonyl (C=O) groups excluding carboxylic acids is 2. The lowest BCUT2D eigenvalue weighted by molar-refractivity contribution is -0.133. The highest BCUT2D eigenvalue weighted by molar-refractivity contribution is 6.30. The summed E-state index contributed by atoms with van der Waals surface area (Å²) in [5.41, 5.74) is 2.04. The molecule has 5 rings (SSSR count). The van der Waals surface area contributed by atoms with E-state index < -0.39 is 23.7 Å². The van der Waals surface area contributed by atoms with Gasteiger partial charge in [-0.15, -0.1) is 0 Å². The van der Waals surface area contributed by atoms with Gasteiger partial charge in [0.1, 0.15) is 18.2 Å². The third-order valence-corrected chi connectivity index (χ3v) is 7.36. The normalized spacial score (nSPS) is 17.5. The smallest absolute Gasteiger partial charge is 0.262 e. The minimum absolute atomic E-state index is 0.0940. The molecule has 1 atom stereocenters. The van der Waals surface area contributed by atoms with Crippen molar-refractivity contribution in [2.45, 2.75) is 12.5 Å². The molecule has 1 unspecified atom stereocenters. The van der Waals surface area contributed by atoms with Gasteiger partial charge in [-0.3, -0.25) is 14.5 Å². The zero-order chi connectivity index (χ0) is 28.1. The summed E-state index contributed by atoms with van der Waals surface area (Å²) < 4.78 is 33.6. The van der Waals surface area contributed by atoms with Crippen molar-refractivity contribution < 1.29 is 23.1 Å². The zero-order valence-electron chi connectivity index (χ0n) is 21.8. The zero-order valence-corrected chi connectivity index (χ0v) is 22.6. The molecular weight excluding hydrogens is 538 g/mol. The topological polar surface area (TPSA) is 65.5 Å². The van der Waals surface area contributed by atoms with Gasteiger partial charge in [-0.1, -0.05) is 48.0 Å². The van der Waals surface area contributed by atoms with E-state index in [1.807, 2.05) is 12.1 Å². The summed E-state index contributed by atoms with van der Waals surface area (Å²) in [6.45, 7) is 3.07. The van der Waals surface area contributed by atoms with E-state index in [4.69, 9.17) is 16.3 Å². The number of rotatable bonds is 8. The van der Waals surface area contributed by atoms with Crippen molar-refractivity contribution in [1.82, 2.24) is 14.8 Å². The van der Waals surface area contributed by atoms with Gasteiger partial charge in [0.15, 0.2) is 0 Å². The van der Waals surface area contributed by atoms with Crippen LogP contribution < -0.4 is 0 Å². The van der Waals surface area contributed by atoms with Crippen molar-refractivity contribution in [1.29, 1.82) is 0 Å². The first kappa shape index (κ1) is 27.9. The van der Waals surface area contributed by atoms with Crippen LogP contribution in [-0.2, 0) is 9.53 Å². The minimum Gasteiger partial charge on any atom is -0.379 e. The Kier molecular flexibility index (Phi) is 8.84. The number of hydrazone groups is 1. The second kappa shape index (κ2) is 12.7. The maximum atomic E-state index is 14.6. The van der Waals surface area contributed by atoms with Gasteiger partial charge < -0.3 is 9.64 Å². The van der Waals surface area contributed by atoms with E-state index in [0.717, 1.165) is 5.56 Å². The van der Waals surface area contributed by atoms with Crippen molar-refractivity contribution in [2.24, 2.45) is 5.10 Å². The summed E-state index contributed by atoms with van der Waals surface area (Å²) in [5.74, 6) is -1.99. The molecular formula is C30H29ClF2N4O3.